The van der Waals surface area contributed by atoms with Crippen molar-refractivity contribution in [2.24, 2.45) is 5.92 Å². The number of nitrogens with zero attached hydrogens (tertiary/aromatic N) is 1. The van der Waals surface area contributed by atoms with Gasteiger partial charge in [0.05, 0.1) is 12.6 Å². The lowest BCUT2D eigenvalue weighted by molar-refractivity contribution is -0.140. The van der Waals surface area contributed by atoms with E-state index < -0.39 is 0 Å². The largest absolute Gasteiger partial charge is 0.317 e. The first-order valence-corrected chi connectivity index (χ1v) is 6.49. The van der Waals surface area contributed by atoms with Gasteiger partial charge in [0.15, 0.2) is 0 Å². The summed E-state index contributed by atoms with van der Waals surface area (Å²) in [6.45, 7) is 5.34. The Kier molecular flexibility index (Phi) is 4.12. The maximum atomic E-state index is 11.7. The van der Waals surface area contributed by atoms with Gasteiger partial charge in [-0.25, -0.2) is 0 Å². The van der Waals surface area contributed by atoms with Crippen LogP contribution in [-0.2, 0) is 9.59 Å². The lowest BCUT2D eigenvalue weighted by atomic mass is 9.96. The Morgan fingerprint density at radius 2 is 2.00 bits per heavy atom. The molecule has 5 nitrogen and oxygen atoms in total. The summed E-state index contributed by atoms with van der Waals surface area (Å²) >= 11 is 0. The van der Waals surface area contributed by atoms with Crippen molar-refractivity contribution in [2.45, 2.75) is 32.2 Å². The average Bonchev–Trinajstić information content (AvgIpc) is 2.30. The molecule has 2 fully saturated rings. The van der Waals surface area contributed by atoms with Gasteiger partial charge in [-0.15, -0.1) is 0 Å². The van der Waals surface area contributed by atoms with Gasteiger partial charge < -0.3 is 5.32 Å². The van der Waals surface area contributed by atoms with Crippen LogP contribution in [0.5, 0.6) is 0 Å². The van der Waals surface area contributed by atoms with Crippen LogP contribution in [0.15, 0.2) is 0 Å². The van der Waals surface area contributed by atoms with Crippen LogP contribution < -0.4 is 10.6 Å². The average molecular weight is 239 g/mol. The Morgan fingerprint density at radius 1 is 1.29 bits per heavy atom. The van der Waals surface area contributed by atoms with E-state index in [1.165, 1.54) is 0 Å². The molecule has 2 aliphatic rings. The number of hydrogen-bond donors (Lipinski definition) is 2. The molecule has 0 aromatic rings. The fourth-order valence-electron chi connectivity index (χ4n) is 2.75. The zero-order chi connectivity index (χ0) is 12.3. The van der Waals surface area contributed by atoms with Gasteiger partial charge in [-0.3, -0.25) is 19.8 Å². The summed E-state index contributed by atoms with van der Waals surface area (Å²) in [5.41, 5.74) is 0. The highest BCUT2D eigenvalue weighted by Gasteiger charge is 2.33. The summed E-state index contributed by atoms with van der Waals surface area (Å²) in [5, 5.41) is 5.75. The fraction of sp³-hybridized carbons (Fsp3) is 0.833. The maximum Gasteiger partial charge on any atom is 0.243 e. The van der Waals surface area contributed by atoms with E-state index >= 15 is 0 Å². The highest BCUT2D eigenvalue weighted by molar-refractivity contribution is 6.01. The molecule has 0 saturated carbocycles. The number of imide groups is 1. The van der Waals surface area contributed by atoms with Gasteiger partial charge in [0.1, 0.15) is 0 Å². The minimum Gasteiger partial charge on any atom is -0.317 e. The van der Waals surface area contributed by atoms with E-state index in [9.17, 15) is 9.59 Å². The topological polar surface area (TPSA) is 61.4 Å². The molecule has 0 aromatic carbocycles. The standard InChI is InChI=1S/C12H21N3O2/c1-2-10-12(17)14-11(16)8-15(10)7-9-3-5-13-6-4-9/h9-10,13H,2-8H2,1H3,(H,14,16,17). The van der Waals surface area contributed by atoms with Crippen LogP contribution in [0.3, 0.4) is 0 Å². The fourth-order valence-corrected chi connectivity index (χ4v) is 2.75. The Hall–Kier alpha value is -0.940. The van der Waals surface area contributed by atoms with E-state index in [0.29, 0.717) is 12.5 Å². The number of nitrogens with one attached hydrogen (secondary N) is 2. The molecule has 96 valence electrons. The van der Waals surface area contributed by atoms with Crippen LogP contribution in [0.25, 0.3) is 0 Å². The molecule has 1 atom stereocenters. The second-order valence-corrected chi connectivity index (χ2v) is 4.96. The van der Waals surface area contributed by atoms with Gasteiger partial charge in [-0.1, -0.05) is 6.92 Å². The monoisotopic (exact) mass is 239 g/mol. The first kappa shape index (κ1) is 12.5. The molecule has 5 heteroatoms. The van der Waals surface area contributed by atoms with Crippen LogP contribution in [0.1, 0.15) is 26.2 Å². The second kappa shape index (κ2) is 5.60. The number of rotatable bonds is 3. The minimum atomic E-state index is -0.159. The van der Waals surface area contributed by atoms with Crippen LogP contribution >= 0.6 is 0 Å². The van der Waals surface area contributed by atoms with Crippen molar-refractivity contribution in [3.05, 3.63) is 0 Å². The summed E-state index contributed by atoms with van der Waals surface area (Å²) in [5.74, 6) is 0.329. The molecular formula is C12H21N3O2. The number of hydrogen-bond acceptors (Lipinski definition) is 4. The number of carbonyl (C=O) groups is 2. The normalized spacial score (nSPS) is 28.2. The molecule has 2 saturated heterocycles. The minimum absolute atomic E-state index is 0.123. The van der Waals surface area contributed by atoms with E-state index in [-0.39, 0.29) is 17.9 Å². The molecule has 0 radical (unpaired) electrons. The van der Waals surface area contributed by atoms with Crippen LogP contribution in [-0.4, -0.2) is 48.9 Å². The Labute approximate surface area is 102 Å². The summed E-state index contributed by atoms with van der Waals surface area (Å²) in [4.78, 5) is 25.2. The van der Waals surface area contributed by atoms with Crippen molar-refractivity contribution in [1.82, 2.24) is 15.5 Å². The lowest BCUT2D eigenvalue weighted by Gasteiger charge is -2.36. The van der Waals surface area contributed by atoms with E-state index in [0.717, 1.165) is 38.9 Å². The zero-order valence-corrected chi connectivity index (χ0v) is 10.4. The second-order valence-electron chi connectivity index (χ2n) is 4.96. The third-order valence-electron chi connectivity index (χ3n) is 3.69. The van der Waals surface area contributed by atoms with E-state index in [4.69, 9.17) is 0 Å². The molecule has 17 heavy (non-hydrogen) atoms. The Morgan fingerprint density at radius 3 is 2.65 bits per heavy atom. The summed E-state index contributed by atoms with van der Waals surface area (Å²) in [6, 6.07) is -0.123. The van der Waals surface area contributed by atoms with Crippen molar-refractivity contribution in [1.29, 1.82) is 0 Å². The SMILES string of the molecule is CCC1C(=O)NC(=O)CN1CC1CCNCC1. The number of piperazine rings is 1. The van der Waals surface area contributed by atoms with Crippen LogP contribution in [0.4, 0.5) is 0 Å². The highest BCUT2D eigenvalue weighted by atomic mass is 16.2. The molecule has 2 aliphatic heterocycles. The van der Waals surface area contributed by atoms with Crippen molar-refractivity contribution in [3.63, 3.8) is 0 Å². The molecule has 2 N–H and O–H groups in total. The molecule has 0 aromatic heterocycles. The van der Waals surface area contributed by atoms with Gasteiger partial charge in [0.2, 0.25) is 11.8 Å². The predicted molar refractivity (Wildman–Crippen MR) is 64.4 cm³/mol. The quantitative estimate of drug-likeness (QED) is 0.665. The van der Waals surface area contributed by atoms with Gasteiger partial charge in [0, 0.05) is 6.54 Å². The third-order valence-corrected chi connectivity index (χ3v) is 3.69. The molecule has 0 aliphatic carbocycles. The van der Waals surface area contributed by atoms with E-state index in [1.54, 1.807) is 0 Å². The molecule has 0 spiro atoms. The number of piperidine rings is 1. The summed E-state index contributed by atoms with van der Waals surface area (Å²) in [7, 11) is 0. The Bertz CT molecular complexity index is 300. The number of amides is 2. The highest BCUT2D eigenvalue weighted by Crippen LogP contribution is 2.17. The van der Waals surface area contributed by atoms with Crippen LogP contribution in [0, 0.1) is 5.92 Å². The van der Waals surface area contributed by atoms with Crippen molar-refractivity contribution in [2.75, 3.05) is 26.2 Å². The van der Waals surface area contributed by atoms with Gasteiger partial charge in [-0.2, -0.15) is 0 Å². The van der Waals surface area contributed by atoms with Crippen LogP contribution in [0.2, 0.25) is 0 Å². The van der Waals surface area contributed by atoms with E-state index in [1.807, 2.05) is 6.92 Å². The molecule has 0 bridgehead atoms. The van der Waals surface area contributed by atoms with Crippen molar-refractivity contribution in [3.8, 4) is 0 Å². The predicted octanol–water partition coefficient (Wildman–Crippen LogP) is -0.277. The van der Waals surface area contributed by atoms with Crippen molar-refractivity contribution < 1.29 is 9.59 Å². The maximum absolute atomic E-state index is 11.7. The first-order chi connectivity index (χ1) is 8.20. The third kappa shape index (κ3) is 3.04. The van der Waals surface area contributed by atoms with Gasteiger partial charge in [0.25, 0.3) is 0 Å². The molecular weight excluding hydrogens is 218 g/mol. The first-order valence-electron chi connectivity index (χ1n) is 6.49. The van der Waals surface area contributed by atoms with Crippen molar-refractivity contribution >= 4 is 11.8 Å². The van der Waals surface area contributed by atoms with Gasteiger partial charge in [-0.05, 0) is 38.3 Å². The van der Waals surface area contributed by atoms with E-state index in [2.05, 4.69) is 15.5 Å². The van der Waals surface area contributed by atoms with Gasteiger partial charge >= 0.3 is 0 Å². The molecule has 2 rings (SSSR count). The molecule has 1 unspecified atom stereocenters. The lowest BCUT2D eigenvalue weighted by Crippen LogP contribution is -2.59. The zero-order valence-electron chi connectivity index (χ0n) is 10.4. The number of carbonyl (C=O) groups excluding carboxylic acids is 2. The smallest absolute Gasteiger partial charge is 0.243 e. The Balaban J connectivity index is 1.95. The summed E-state index contributed by atoms with van der Waals surface area (Å²) in [6.07, 6.45) is 3.05. The summed E-state index contributed by atoms with van der Waals surface area (Å²) < 4.78 is 0. The molecule has 2 heterocycles. The molecule has 2 amide bonds.